The van der Waals surface area contributed by atoms with E-state index in [4.69, 9.17) is 18.9 Å². The Kier molecular flexibility index (Phi) is 11.0. The van der Waals surface area contributed by atoms with Gasteiger partial charge in [-0.15, -0.1) is 0 Å². The second-order valence-electron chi connectivity index (χ2n) is 11.1. The number of esters is 1. The quantitative estimate of drug-likeness (QED) is 0.229. The summed E-state index contributed by atoms with van der Waals surface area (Å²) in [6.07, 6.45) is 0.0468. The first-order valence-corrected chi connectivity index (χ1v) is 15.4. The Labute approximate surface area is 250 Å². The van der Waals surface area contributed by atoms with Crippen LogP contribution < -0.4 is 0 Å². The largest absolute Gasteiger partial charge is 0.458 e. The smallest absolute Gasteiger partial charge is 0.417 e. The van der Waals surface area contributed by atoms with Gasteiger partial charge in [0, 0.05) is 24.8 Å². The minimum atomic E-state index is -0.772. The highest BCUT2D eigenvalue weighted by Gasteiger charge is 2.48. The Hall–Kier alpha value is -2.75. The number of methoxy groups -OCH3 is 1. The molecule has 2 aliphatic heterocycles. The van der Waals surface area contributed by atoms with Crippen LogP contribution in [0.3, 0.4) is 0 Å². The fourth-order valence-electron chi connectivity index (χ4n) is 5.88. The van der Waals surface area contributed by atoms with Crippen molar-refractivity contribution >= 4 is 33.9 Å². The number of alkyl halides is 1. The predicted octanol–water partition coefficient (Wildman–Crippen LogP) is 5.81. The van der Waals surface area contributed by atoms with Gasteiger partial charge in [0.1, 0.15) is 12.2 Å². The molecule has 2 fully saturated rings. The maximum absolute atomic E-state index is 13.7. The minimum Gasteiger partial charge on any atom is -0.458 e. The van der Waals surface area contributed by atoms with Crippen LogP contribution >= 0.6 is 15.9 Å². The summed E-state index contributed by atoms with van der Waals surface area (Å²) < 4.78 is 23.9. The average molecular weight is 631 g/mol. The van der Waals surface area contributed by atoms with Crippen molar-refractivity contribution in [3.63, 3.8) is 0 Å². The zero-order valence-corrected chi connectivity index (χ0v) is 25.7. The summed E-state index contributed by atoms with van der Waals surface area (Å²) in [7, 11) is 1.69. The number of halogens is 1. The molecule has 0 bridgehead atoms. The molecule has 2 aromatic rings. The number of nitrogens with zero attached hydrogens (tertiary/aromatic N) is 1. The number of hydrogen-bond donors (Lipinski definition) is 0. The first-order chi connectivity index (χ1) is 19.7. The van der Waals surface area contributed by atoms with Crippen LogP contribution in [0.2, 0.25) is 0 Å². The summed E-state index contributed by atoms with van der Waals surface area (Å²) in [5.74, 6) is -1.87. The van der Waals surface area contributed by atoms with Gasteiger partial charge in [-0.3, -0.25) is 4.79 Å². The highest BCUT2D eigenvalue weighted by Crippen LogP contribution is 2.34. The summed E-state index contributed by atoms with van der Waals surface area (Å²) in [6, 6.07) is 18.1. The molecule has 2 heterocycles. The molecule has 4 rings (SSSR count). The van der Waals surface area contributed by atoms with Gasteiger partial charge in [0.25, 0.3) is 0 Å². The first-order valence-electron chi connectivity index (χ1n) is 14.3. The highest BCUT2D eigenvalue weighted by molar-refractivity contribution is 9.09. The number of cyclic esters (lactones) is 1. The number of amides is 2. The molecule has 0 spiro atoms. The first kappa shape index (κ1) is 31.2. The van der Waals surface area contributed by atoms with E-state index >= 15 is 0 Å². The van der Waals surface area contributed by atoms with Crippen molar-refractivity contribution in [3.05, 3.63) is 71.8 Å². The van der Waals surface area contributed by atoms with Gasteiger partial charge < -0.3 is 18.9 Å². The molecule has 2 aromatic carbocycles. The lowest BCUT2D eigenvalue weighted by Crippen LogP contribution is -2.59. The zero-order chi connectivity index (χ0) is 29.5. The molecular formula is C32H40BrNO7. The van der Waals surface area contributed by atoms with Gasteiger partial charge in [0.05, 0.1) is 35.8 Å². The molecule has 0 aromatic heterocycles. The van der Waals surface area contributed by atoms with Crippen LogP contribution in [0.15, 0.2) is 60.7 Å². The van der Waals surface area contributed by atoms with E-state index in [2.05, 4.69) is 15.9 Å². The standard InChI is InChI=1S/C32H40BrNO7/c1-20-15-26(38-4)17-27(39-20)18-28(40-31(36)24-13-9-6-10-14-24)21(2)29-22(3)30(35)34(32(37)41-29)25(19-33)16-23-11-7-5-8-12-23/h5-14,20-22,25-29H,15-19H2,1-4H3/t20-,21-,22-,25?,26+,27+,28+,29+/m0/s1. The Morgan fingerprint density at radius 3 is 2.34 bits per heavy atom. The topological polar surface area (TPSA) is 91.4 Å². The number of ether oxygens (including phenoxy) is 4. The molecule has 2 saturated heterocycles. The third-order valence-corrected chi connectivity index (χ3v) is 8.90. The average Bonchev–Trinajstić information content (AvgIpc) is 2.98. The van der Waals surface area contributed by atoms with Crippen LogP contribution in [0.25, 0.3) is 0 Å². The summed E-state index contributed by atoms with van der Waals surface area (Å²) in [5, 5.41) is 0.421. The molecular weight excluding hydrogens is 590 g/mol. The number of rotatable bonds is 11. The number of benzene rings is 2. The summed E-state index contributed by atoms with van der Waals surface area (Å²) in [5.41, 5.74) is 1.44. The molecule has 0 aliphatic carbocycles. The van der Waals surface area contributed by atoms with E-state index in [9.17, 15) is 14.4 Å². The minimum absolute atomic E-state index is 0.00755. The molecule has 8 atom stereocenters. The lowest BCUT2D eigenvalue weighted by atomic mass is 9.84. The third kappa shape index (κ3) is 7.76. The Bertz CT molecular complexity index is 1160. The lowest BCUT2D eigenvalue weighted by molar-refractivity contribution is -0.153. The maximum Gasteiger partial charge on any atom is 0.417 e. The Balaban J connectivity index is 1.53. The molecule has 2 aliphatic rings. The molecule has 2 amide bonds. The van der Waals surface area contributed by atoms with E-state index < -0.39 is 42.1 Å². The van der Waals surface area contributed by atoms with Crippen LogP contribution in [0.4, 0.5) is 4.79 Å². The van der Waals surface area contributed by atoms with Gasteiger partial charge in [0.2, 0.25) is 5.91 Å². The van der Waals surface area contributed by atoms with Crippen LogP contribution in [0.5, 0.6) is 0 Å². The number of hydrogen-bond acceptors (Lipinski definition) is 7. The molecule has 9 heteroatoms. The maximum atomic E-state index is 13.7. The fourth-order valence-corrected chi connectivity index (χ4v) is 6.40. The molecule has 0 saturated carbocycles. The van der Waals surface area contributed by atoms with E-state index in [0.717, 1.165) is 12.0 Å². The van der Waals surface area contributed by atoms with Gasteiger partial charge >= 0.3 is 12.1 Å². The Morgan fingerprint density at radius 1 is 1.05 bits per heavy atom. The van der Waals surface area contributed by atoms with Crippen LogP contribution in [0.1, 0.15) is 56.0 Å². The molecule has 0 N–H and O–H groups in total. The number of carbonyl (C=O) groups excluding carboxylic acids is 3. The van der Waals surface area contributed by atoms with E-state index in [1.807, 2.05) is 50.2 Å². The normalized spacial score (nSPS) is 27.0. The van der Waals surface area contributed by atoms with Gasteiger partial charge in [-0.05, 0) is 50.8 Å². The Morgan fingerprint density at radius 2 is 1.71 bits per heavy atom. The van der Waals surface area contributed by atoms with Crippen molar-refractivity contribution in [1.29, 1.82) is 0 Å². The highest BCUT2D eigenvalue weighted by atomic mass is 79.9. The SMILES string of the molecule is CO[C@H]1C[C@H](C[C@@H](OC(=O)c2ccccc2)[C@H](C)[C@H]2OC(=O)N(C(CBr)Cc3ccccc3)C(=O)[C@H]2C)O[C@@H](C)C1. The molecule has 1 unspecified atom stereocenters. The van der Waals surface area contributed by atoms with Crippen molar-refractivity contribution in [2.45, 2.75) is 83.0 Å². The van der Waals surface area contributed by atoms with Gasteiger partial charge in [0.15, 0.2) is 0 Å². The van der Waals surface area contributed by atoms with Crippen molar-refractivity contribution in [1.82, 2.24) is 4.90 Å². The van der Waals surface area contributed by atoms with Crippen molar-refractivity contribution in [2.75, 3.05) is 12.4 Å². The second kappa shape index (κ2) is 14.4. The lowest BCUT2D eigenvalue weighted by Gasteiger charge is -2.42. The van der Waals surface area contributed by atoms with Gasteiger partial charge in [-0.2, -0.15) is 0 Å². The van der Waals surface area contributed by atoms with Gasteiger partial charge in [-0.25, -0.2) is 14.5 Å². The molecule has 41 heavy (non-hydrogen) atoms. The van der Waals surface area contributed by atoms with Crippen LogP contribution in [-0.2, 0) is 30.2 Å². The predicted molar refractivity (Wildman–Crippen MR) is 158 cm³/mol. The van der Waals surface area contributed by atoms with Crippen molar-refractivity contribution < 1.29 is 33.3 Å². The van der Waals surface area contributed by atoms with Gasteiger partial charge in [-0.1, -0.05) is 71.4 Å². The zero-order valence-electron chi connectivity index (χ0n) is 24.1. The molecule has 8 nitrogen and oxygen atoms in total. The summed E-state index contributed by atoms with van der Waals surface area (Å²) >= 11 is 3.49. The monoisotopic (exact) mass is 629 g/mol. The summed E-state index contributed by atoms with van der Waals surface area (Å²) in [6.45, 7) is 5.64. The third-order valence-electron chi connectivity index (χ3n) is 8.16. The number of carbonyl (C=O) groups is 3. The number of imide groups is 1. The second-order valence-corrected chi connectivity index (χ2v) is 11.8. The van der Waals surface area contributed by atoms with E-state index in [1.54, 1.807) is 38.3 Å². The van der Waals surface area contributed by atoms with Crippen LogP contribution in [0, 0.1) is 11.8 Å². The van der Waals surface area contributed by atoms with E-state index in [-0.39, 0.29) is 24.2 Å². The summed E-state index contributed by atoms with van der Waals surface area (Å²) in [4.78, 5) is 41.4. The van der Waals surface area contributed by atoms with E-state index in [0.29, 0.717) is 30.2 Å². The fraction of sp³-hybridized carbons (Fsp3) is 0.531. The van der Waals surface area contributed by atoms with E-state index in [1.165, 1.54) is 4.90 Å². The van der Waals surface area contributed by atoms with Crippen molar-refractivity contribution in [3.8, 4) is 0 Å². The van der Waals surface area contributed by atoms with Crippen molar-refractivity contribution in [2.24, 2.45) is 11.8 Å². The molecule has 222 valence electrons. The van der Waals surface area contributed by atoms with Crippen LogP contribution in [-0.4, -0.2) is 71.9 Å². The molecule has 0 radical (unpaired) electrons.